The second-order valence-electron chi connectivity index (χ2n) is 4.85. The van der Waals surface area contributed by atoms with Gasteiger partial charge in [0.05, 0.1) is 0 Å². The molecule has 1 aromatic carbocycles. The second-order valence-corrected chi connectivity index (χ2v) is 8.45. The molecule has 0 saturated heterocycles. The Morgan fingerprint density at radius 3 is 2.41 bits per heavy atom. The van der Waals surface area contributed by atoms with Crippen molar-refractivity contribution in [3.63, 3.8) is 0 Å². The van der Waals surface area contributed by atoms with Gasteiger partial charge in [-0.1, -0.05) is 0 Å². The molecule has 112 valence electrons. The molecule has 0 radical (unpaired) electrons. The average molecular weight is 378 g/mol. The summed E-state index contributed by atoms with van der Waals surface area (Å²) in [5, 5.41) is 0. The molecule has 0 atom stereocenters. The zero-order chi connectivity index (χ0) is 15.9. The monoisotopic (exact) mass is 379 g/mol. The average Bonchev–Trinajstić information content (AvgIpc) is 2.89. The number of thioether (sulfide) groups is 1. The van der Waals surface area contributed by atoms with E-state index in [4.69, 9.17) is 4.74 Å². The number of hydrogen-bond acceptors (Lipinski definition) is 5. The molecular weight excluding hydrogens is 365 g/mol. The van der Waals surface area contributed by atoms with Crippen LogP contribution in [0.2, 0.25) is 0 Å². The summed E-state index contributed by atoms with van der Waals surface area (Å²) in [7, 11) is 1.42. The molecule has 1 aromatic heterocycles. The van der Waals surface area contributed by atoms with Gasteiger partial charge < -0.3 is 0 Å². The van der Waals surface area contributed by atoms with Gasteiger partial charge in [-0.15, -0.1) is 0 Å². The molecule has 0 spiro atoms. The van der Waals surface area contributed by atoms with Crippen molar-refractivity contribution in [2.45, 2.75) is 18.7 Å². The Kier molecular flexibility index (Phi) is 4.08. The predicted molar refractivity (Wildman–Crippen MR) is 85.6 cm³/mol. The summed E-state index contributed by atoms with van der Waals surface area (Å²) < 4.78 is 6.61. The van der Waals surface area contributed by atoms with Crippen LogP contribution in [0.5, 0.6) is 0 Å². The topological polar surface area (TPSA) is 56.3 Å². The van der Waals surface area contributed by atoms with Gasteiger partial charge in [-0.05, 0) is 0 Å². The van der Waals surface area contributed by atoms with Crippen molar-refractivity contribution >= 4 is 37.8 Å². The van der Waals surface area contributed by atoms with E-state index in [2.05, 4.69) is 4.98 Å². The molecule has 22 heavy (non-hydrogen) atoms. The molecule has 0 N–H and O–H groups in total. The predicted octanol–water partition coefficient (Wildman–Crippen LogP) is 2.78. The Bertz CT molecular complexity index is 805. The summed E-state index contributed by atoms with van der Waals surface area (Å²) in [5.74, 6) is -0.313. The summed E-state index contributed by atoms with van der Waals surface area (Å²) >= 11 is 1.11. The number of ketones is 2. The van der Waals surface area contributed by atoms with E-state index in [1.54, 1.807) is 0 Å². The molecule has 4 nitrogen and oxygen atoms in total. The Hall–Kier alpha value is -1.62. The Morgan fingerprint density at radius 1 is 1.09 bits per heavy atom. The van der Waals surface area contributed by atoms with Gasteiger partial charge in [0, 0.05) is 0 Å². The number of ether oxygens (including phenoxy) is 1. The number of carbonyl (C=O) groups is 2. The molecule has 0 fully saturated rings. The van der Waals surface area contributed by atoms with Gasteiger partial charge in [-0.2, -0.15) is 0 Å². The van der Waals surface area contributed by atoms with Crippen LogP contribution in [0, 0.1) is 13.8 Å². The van der Waals surface area contributed by atoms with Crippen molar-refractivity contribution in [3.05, 3.63) is 55.2 Å². The van der Waals surface area contributed by atoms with Crippen LogP contribution in [0.3, 0.4) is 0 Å². The van der Waals surface area contributed by atoms with Crippen molar-refractivity contribution in [2.24, 2.45) is 0 Å². The number of methoxy groups -OCH3 is 1. The molecule has 0 saturated carbocycles. The number of hydrogen-bond donors (Lipinski definition) is 0. The van der Waals surface area contributed by atoms with Crippen LogP contribution in [-0.2, 0) is 4.74 Å². The van der Waals surface area contributed by atoms with E-state index < -0.39 is 0 Å². The van der Waals surface area contributed by atoms with E-state index in [9.17, 15) is 9.59 Å². The van der Waals surface area contributed by atoms with Crippen molar-refractivity contribution in [1.29, 1.82) is 0 Å². The number of aromatic nitrogens is 1. The van der Waals surface area contributed by atoms with E-state index in [1.165, 1.54) is 18.9 Å². The molecular formula is C16H13NO3SSe. The number of nitrogens with zero attached hydrogens (tertiary/aromatic N) is 1. The summed E-state index contributed by atoms with van der Waals surface area (Å²) in [6.07, 6.45) is 0. The fourth-order valence-corrected chi connectivity index (χ4v) is 5.08. The van der Waals surface area contributed by atoms with Crippen LogP contribution in [0.15, 0.2) is 39.8 Å². The zero-order valence-electron chi connectivity index (χ0n) is 12.3. The van der Waals surface area contributed by atoms with Crippen molar-refractivity contribution in [2.75, 3.05) is 7.11 Å². The summed E-state index contributed by atoms with van der Waals surface area (Å²) in [4.78, 5) is 30.7. The standard InChI is InChI=1S/C16H13NO3SSe/c1-8-4-6-10(7-5-8)21-15-13(19)16-11(17-9(2)22-16)12(18)14(15)20-3/h4-7H,1-3H3. The fourth-order valence-electron chi connectivity index (χ4n) is 2.15. The van der Waals surface area contributed by atoms with Crippen LogP contribution in [-0.4, -0.2) is 38.2 Å². The SMILES string of the molecule is COC1=C(Sc2ccc(C)cc2)C(=O)c2[se]c(C)nc2C1=O. The van der Waals surface area contributed by atoms with Gasteiger partial charge in [0.25, 0.3) is 0 Å². The maximum atomic E-state index is 12.7. The van der Waals surface area contributed by atoms with E-state index in [1.807, 2.05) is 38.1 Å². The maximum absolute atomic E-state index is 12.7. The van der Waals surface area contributed by atoms with Crippen molar-refractivity contribution in [1.82, 2.24) is 4.98 Å². The van der Waals surface area contributed by atoms with E-state index in [-0.39, 0.29) is 37.5 Å². The third kappa shape index (κ3) is 2.58. The minimum absolute atomic E-state index is 0.101. The van der Waals surface area contributed by atoms with Gasteiger partial charge in [-0.3, -0.25) is 0 Å². The second kappa shape index (κ2) is 5.88. The number of allylic oxidation sites excluding steroid dienone is 2. The molecule has 3 rings (SSSR count). The fraction of sp³-hybridized carbons (Fsp3) is 0.188. The first-order valence-corrected chi connectivity index (χ1v) is 9.14. The van der Waals surface area contributed by atoms with E-state index >= 15 is 0 Å². The van der Waals surface area contributed by atoms with Crippen LogP contribution >= 0.6 is 11.8 Å². The number of Topliss-reactive ketones (excluding diaryl/α,β-unsaturated/α-hetero) is 2. The van der Waals surface area contributed by atoms with Gasteiger partial charge in [0.1, 0.15) is 0 Å². The number of aryl methyl sites for hydroxylation is 2. The molecule has 0 bridgehead atoms. The number of fused-ring (bicyclic) bond motifs is 1. The van der Waals surface area contributed by atoms with Crippen LogP contribution in [0.1, 0.15) is 29.9 Å². The Balaban J connectivity index is 2.05. The summed E-state index contributed by atoms with van der Waals surface area (Å²) in [6, 6.07) is 7.82. The van der Waals surface area contributed by atoms with Crippen LogP contribution in [0.4, 0.5) is 0 Å². The van der Waals surface area contributed by atoms with Gasteiger partial charge in [-0.25, -0.2) is 0 Å². The summed E-state index contributed by atoms with van der Waals surface area (Å²) in [5.41, 5.74) is 1.41. The first kappa shape index (κ1) is 15.3. The molecule has 1 heterocycles. The van der Waals surface area contributed by atoms with Crippen LogP contribution in [0.25, 0.3) is 0 Å². The molecule has 0 amide bonds. The molecule has 6 heteroatoms. The molecule has 2 aromatic rings. The molecule has 1 aliphatic carbocycles. The van der Waals surface area contributed by atoms with Crippen molar-refractivity contribution in [3.8, 4) is 0 Å². The van der Waals surface area contributed by atoms with E-state index in [0.717, 1.165) is 15.0 Å². The number of rotatable bonds is 3. The normalized spacial score (nSPS) is 14.3. The molecule has 0 unspecified atom stereocenters. The zero-order valence-corrected chi connectivity index (χ0v) is 14.8. The van der Waals surface area contributed by atoms with Gasteiger partial charge in [0.2, 0.25) is 0 Å². The quantitative estimate of drug-likeness (QED) is 0.769. The molecule has 0 aliphatic heterocycles. The van der Waals surface area contributed by atoms with Crippen LogP contribution < -0.4 is 0 Å². The summed E-state index contributed by atoms with van der Waals surface area (Å²) in [6.45, 7) is 3.85. The number of carbonyl (C=O) groups excluding carboxylic acids is 2. The Labute approximate surface area is 138 Å². The third-order valence-electron chi connectivity index (χ3n) is 3.22. The minimum atomic E-state index is -0.287. The molecule has 1 aliphatic rings. The van der Waals surface area contributed by atoms with Crippen molar-refractivity contribution < 1.29 is 14.3 Å². The van der Waals surface area contributed by atoms with Gasteiger partial charge in [0.15, 0.2) is 0 Å². The Morgan fingerprint density at radius 2 is 1.77 bits per heavy atom. The van der Waals surface area contributed by atoms with Gasteiger partial charge >= 0.3 is 138 Å². The van der Waals surface area contributed by atoms with E-state index in [0.29, 0.717) is 9.34 Å². The third-order valence-corrected chi connectivity index (χ3v) is 6.34. The first-order valence-electron chi connectivity index (χ1n) is 6.61. The number of benzene rings is 1. The first-order chi connectivity index (χ1) is 10.5.